The lowest BCUT2D eigenvalue weighted by Gasteiger charge is -2.12. The van der Waals surface area contributed by atoms with Gasteiger partial charge in [-0.1, -0.05) is 55.3 Å². The predicted molar refractivity (Wildman–Crippen MR) is 98.3 cm³/mol. The van der Waals surface area contributed by atoms with E-state index in [0.29, 0.717) is 25.0 Å². The average molecular weight is 350 g/mol. The smallest absolute Gasteiger partial charge is 0.315 e. The Morgan fingerprint density at radius 1 is 1.04 bits per heavy atom. The number of urea groups is 1. The quantitative estimate of drug-likeness (QED) is 0.741. The van der Waals surface area contributed by atoms with E-state index in [1.807, 2.05) is 28.9 Å². The number of carbonyl (C=O) groups is 1. The Labute approximate surface area is 151 Å². The summed E-state index contributed by atoms with van der Waals surface area (Å²) in [7, 11) is 0. The maximum atomic E-state index is 12.2. The van der Waals surface area contributed by atoms with E-state index in [4.69, 9.17) is 0 Å². The molecular weight excluding hydrogens is 328 g/mol. The molecule has 7 heteroatoms. The first-order chi connectivity index (χ1) is 12.8. The fraction of sp³-hybridized carbons (Fsp3) is 0.368. The zero-order valence-electron chi connectivity index (χ0n) is 14.6. The largest absolute Gasteiger partial charge is 0.334 e. The minimum Gasteiger partial charge on any atom is -0.334 e. The number of amides is 2. The molecule has 0 bridgehead atoms. The molecule has 1 aliphatic carbocycles. The molecule has 1 saturated carbocycles. The third kappa shape index (κ3) is 3.51. The van der Waals surface area contributed by atoms with Gasteiger partial charge in [0.15, 0.2) is 5.82 Å². The normalized spacial score (nSPS) is 14.6. The fourth-order valence-electron chi connectivity index (χ4n) is 3.61. The summed E-state index contributed by atoms with van der Waals surface area (Å²) in [6.45, 7) is 0.797. The second-order valence-corrected chi connectivity index (χ2v) is 6.65. The van der Waals surface area contributed by atoms with Crippen molar-refractivity contribution in [1.29, 1.82) is 0 Å². The van der Waals surface area contributed by atoms with Crippen molar-refractivity contribution in [3.8, 4) is 0 Å². The first-order valence-electron chi connectivity index (χ1n) is 9.06. The molecule has 0 unspecified atom stereocenters. The number of benzene rings is 2. The summed E-state index contributed by atoms with van der Waals surface area (Å²) in [5.74, 6) is 0.706. The summed E-state index contributed by atoms with van der Waals surface area (Å²) in [6.07, 6.45) is 4.63. The van der Waals surface area contributed by atoms with Gasteiger partial charge in [0.2, 0.25) is 0 Å². The van der Waals surface area contributed by atoms with Crippen molar-refractivity contribution < 1.29 is 4.79 Å². The van der Waals surface area contributed by atoms with Gasteiger partial charge in [-0.3, -0.25) is 0 Å². The molecule has 2 N–H and O–H groups in total. The van der Waals surface area contributed by atoms with Gasteiger partial charge in [-0.15, -0.1) is 5.10 Å². The maximum Gasteiger partial charge on any atom is 0.315 e. The van der Waals surface area contributed by atoms with Gasteiger partial charge < -0.3 is 10.6 Å². The third-order valence-electron chi connectivity index (χ3n) is 4.96. The van der Waals surface area contributed by atoms with E-state index in [-0.39, 0.29) is 6.03 Å². The van der Waals surface area contributed by atoms with Gasteiger partial charge >= 0.3 is 6.03 Å². The van der Waals surface area contributed by atoms with Crippen LogP contribution in [0.5, 0.6) is 0 Å². The van der Waals surface area contributed by atoms with E-state index in [1.54, 1.807) is 0 Å². The summed E-state index contributed by atoms with van der Waals surface area (Å²) in [6, 6.07) is 14.4. The van der Waals surface area contributed by atoms with Crippen LogP contribution in [0.2, 0.25) is 0 Å². The summed E-state index contributed by atoms with van der Waals surface area (Å²) >= 11 is 0. The van der Waals surface area contributed by atoms with Crippen LogP contribution in [0.15, 0.2) is 42.5 Å². The second kappa shape index (κ2) is 7.51. The van der Waals surface area contributed by atoms with Crippen molar-refractivity contribution in [2.75, 3.05) is 0 Å². The van der Waals surface area contributed by atoms with Gasteiger partial charge in [0, 0.05) is 6.54 Å². The number of rotatable bonds is 5. The number of fused-ring (bicyclic) bond motifs is 1. The molecule has 26 heavy (non-hydrogen) atoms. The van der Waals surface area contributed by atoms with Crippen molar-refractivity contribution in [2.24, 2.45) is 0 Å². The average Bonchev–Trinajstić information content (AvgIpc) is 3.35. The van der Waals surface area contributed by atoms with E-state index >= 15 is 0 Å². The zero-order chi connectivity index (χ0) is 17.8. The molecule has 1 heterocycles. The van der Waals surface area contributed by atoms with Crippen LogP contribution in [0, 0.1) is 0 Å². The van der Waals surface area contributed by atoms with Crippen molar-refractivity contribution in [2.45, 2.75) is 44.8 Å². The van der Waals surface area contributed by atoms with Crippen LogP contribution in [0.4, 0.5) is 4.79 Å². The van der Waals surface area contributed by atoms with Gasteiger partial charge in [-0.2, -0.15) is 0 Å². The maximum absolute atomic E-state index is 12.2. The third-order valence-corrected chi connectivity index (χ3v) is 4.96. The van der Waals surface area contributed by atoms with Crippen molar-refractivity contribution >= 4 is 16.8 Å². The van der Waals surface area contributed by atoms with Crippen LogP contribution in [0.25, 0.3) is 10.8 Å². The van der Waals surface area contributed by atoms with Crippen LogP contribution >= 0.6 is 0 Å². The standard InChI is InChI=1S/C19H22N6O/c26-19(20-12-15-8-5-7-14-6-1-4-11-17(14)15)21-13-18-22-23-24-25(18)16-9-2-3-10-16/h1,4-8,11,16H,2-3,9-10,12-13H2,(H2,20,21,26). The molecule has 1 aromatic heterocycles. The van der Waals surface area contributed by atoms with E-state index in [9.17, 15) is 4.79 Å². The van der Waals surface area contributed by atoms with Crippen molar-refractivity contribution in [1.82, 2.24) is 30.8 Å². The molecule has 1 aliphatic rings. The first kappa shape index (κ1) is 16.5. The minimum atomic E-state index is -0.223. The lowest BCUT2D eigenvalue weighted by atomic mass is 10.0. The molecule has 2 aromatic carbocycles. The highest BCUT2D eigenvalue weighted by molar-refractivity contribution is 5.86. The molecular formula is C19H22N6O. The SMILES string of the molecule is O=C(NCc1cccc2ccccc12)NCc1nnnn1C1CCCC1. The lowest BCUT2D eigenvalue weighted by molar-refractivity contribution is 0.239. The van der Waals surface area contributed by atoms with Gasteiger partial charge in [-0.05, 0) is 39.6 Å². The Bertz CT molecular complexity index is 894. The number of carbonyl (C=O) groups excluding carboxylic acids is 1. The molecule has 0 atom stereocenters. The Morgan fingerprint density at radius 3 is 2.69 bits per heavy atom. The first-order valence-corrected chi connectivity index (χ1v) is 9.06. The summed E-state index contributed by atoms with van der Waals surface area (Å²) in [5.41, 5.74) is 1.09. The van der Waals surface area contributed by atoms with Crippen molar-refractivity contribution in [3.63, 3.8) is 0 Å². The monoisotopic (exact) mass is 350 g/mol. The van der Waals surface area contributed by atoms with E-state index in [0.717, 1.165) is 23.8 Å². The molecule has 3 aromatic rings. The van der Waals surface area contributed by atoms with Crippen LogP contribution in [-0.4, -0.2) is 26.2 Å². The number of nitrogens with one attached hydrogen (secondary N) is 2. The predicted octanol–water partition coefficient (Wildman–Crippen LogP) is 2.94. The Morgan fingerprint density at radius 2 is 1.81 bits per heavy atom. The number of tetrazole rings is 1. The van der Waals surface area contributed by atoms with Gasteiger partial charge in [0.25, 0.3) is 0 Å². The van der Waals surface area contributed by atoms with Gasteiger partial charge in [0.1, 0.15) is 0 Å². The van der Waals surface area contributed by atoms with Crippen LogP contribution in [0.1, 0.15) is 43.1 Å². The minimum absolute atomic E-state index is 0.223. The Balaban J connectivity index is 1.34. The molecule has 1 fully saturated rings. The summed E-state index contributed by atoms with van der Waals surface area (Å²) in [4.78, 5) is 12.2. The molecule has 2 amide bonds. The topological polar surface area (TPSA) is 84.7 Å². The molecule has 4 rings (SSSR count). The van der Waals surface area contributed by atoms with E-state index in [2.05, 4.69) is 44.4 Å². The summed E-state index contributed by atoms with van der Waals surface area (Å²) < 4.78 is 1.86. The van der Waals surface area contributed by atoms with Gasteiger partial charge in [-0.25, -0.2) is 9.48 Å². The van der Waals surface area contributed by atoms with Crippen molar-refractivity contribution in [3.05, 3.63) is 53.9 Å². The van der Waals surface area contributed by atoms with Crippen LogP contribution in [0.3, 0.4) is 0 Å². The Hall–Kier alpha value is -2.96. The second-order valence-electron chi connectivity index (χ2n) is 6.65. The fourth-order valence-corrected chi connectivity index (χ4v) is 3.61. The number of aromatic nitrogens is 4. The number of nitrogens with zero attached hydrogens (tertiary/aromatic N) is 4. The van der Waals surface area contributed by atoms with Crippen LogP contribution < -0.4 is 10.6 Å². The zero-order valence-corrected chi connectivity index (χ0v) is 14.6. The highest BCUT2D eigenvalue weighted by Gasteiger charge is 2.21. The molecule has 0 spiro atoms. The lowest BCUT2D eigenvalue weighted by Crippen LogP contribution is -2.35. The molecule has 0 radical (unpaired) electrons. The van der Waals surface area contributed by atoms with Gasteiger partial charge in [0.05, 0.1) is 12.6 Å². The molecule has 0 saturated heterocycles. The van der Waals surface area contributed by atoms with E-state index in [1.165, 1.54) is 18.2 Å². The summed E-state index contributed by atoms with van der Waals surface area (Å²) in [5, 5.41) is 20.0. The number of hydrogen-bond donors (Lipinski definition) is 2. The highest BCUT2D eigenvalue weighted by atomic mass is 16.2. The number of hydrogen-bond acceptors (Lipinski definition) is 4. The molecule has 134 valence electrons. The van der Waals surface area contributed by atoms with Crippen LogP contribution in [-0.2, 0) is 13.1 Å². The Kier molecular flexibility index (Phi) is 4.77. The molecule has 7 nitrogen and oxygen atoms in total. The molecule has 0 aliphatic heterocycles. The van der Waals surface area contributed by atoms with E-state index < -0.39 is 0 Å². The highest BCUT2D eigenvalue weighted by Crippen LogP contribution is 2.29.